The molecule has 2 aromatic rings. The maximum atomic E-state index is 12.8. The van der Waals surface area contributed by atoms with Gasteiger partial charge in [0.25, 0.3) is 10.0 Å². The molecule has 4 rings (SSSR count). The zero-order valence-corrected chi connectivity index (χ0v) is 16.9. The van der Waals surface area contributed by atoms with Gasteiger partial charge in [-0.2, -0.15) is 0 Å². The zero-order chi connectivity index (χ0) is 20.6. The van der Waals surface area contributed by atoms with Crippen molar-refractivity contribution in [1.82, 2.24) is 0 Å². The fourth-order valence-electron chi connectivity index (χ4n) is 3.43. The van der Waals surface area contributed by atoms with E-state index in [0.29, 0.717) is 24.2 Å². The van der Waals surface area contributed by atoms with Crippen LogP contribution in [-0.2, 0) is 26.0 Å². The number of rotatable bonds is 6. The Morgan fingerprint density at radius 1 is 1.14 bits per heavy atom. The number of hydrogen-bond donors (Lipinski definition) is 1. The number of amides is 1. The van der Waals surface area contributed by atoms with E-state index in [2.05, 4.69) is 4.72 Å². The Bertz CT molecular complexity index is 1060. The molecule has 2 aliphatic rings. The fraction of sp³-hybridized carbons (Fsp3) is 0.333. The van der Waals surface area contributed by atoms with Crippen LogP contribution in [0.1, 0.15) is 35.7 Å². The number of ether oxygens (including phenoxy) is 1. The summed E-state index contributed by atoms with van der Waals surface area (Å²) < 4.78 is 33.0. The third-order valence-electron chi connectivity index (χ3n) is 5.10. The topological polar surface area (TPSA) is 92.8 Å². The van der Waals surface area contributed by atoms with Crippen molar-refractivity contribution in [3.8, 4) is 0 Å². The highest BCUT2D eigenvalue weighted by Crippen LogP contribution is 2.37. The van der Waals surface area contributed by atoms with Crippen LogP contribution in [0.2, 0.25) is 0 Å². The lowest BCUT2D eigenvalue weighted by molar-refractivity contribution is -0.119. The second-order valence-electron chi connectivity index (χ2n) is 7.21. The summed E-state index contributed by atoms with van der Waals surface area (Å²) in [5.74, 6) is -0.186. The average Bonchev–Trinajstić information content (AvgIpc) is 3.47. The third-order valence-corrected chi connectivity index (χ3v) is 6.48. The van der Waals surface area contributed by atoms with Gasteiger partial charge in [-0.05, 0) is 74.2 Å². The second-order valence-corrected chi connectivity index (χ2v) is 8.89. The minimum Gasteiger partial charge on any atom is -0.462 e. The summed E-state index contributed by atoms with van der Waals surface area (Å²) in [6, 6.07) is 10.9. The monoisotopic (exact) mass is 414 g/mol. The van der Waals surface area contributed by atoms with Gasteiger partial charge < -0.3 is 9.64 Å². The van der Waals surface area contributed by atoms with Crippen molar-refractivity contribution in [3.05, 3.63) is 53.6 Å². The molecule has 29 heavy (non-hydrogen) atoms. The SMILES string of the molecule is CCOC(=O)c1ccc(NS(=O)(=O)c2ccc3c(c2)CCN3C(=O)C2CC2)cc1. The standard InChI is InChI=1S/C21H22N2O5S/c1-2-28-21(25)15-5-7-17(8-6-15)22-29(26,27)18-9-10-19-16(13-18)11-12-23(19)20(24)14-3-4-14/h5-10,13-14,22H,2-4,11-12H2,1H3. The Hall–Kier alpha value is -2.87. The number of hydrogen-bond acceptors (Lipinski definition) is 5. The van der Waals surface area contributed by atoms with Crippen LogP contribution in [-0.4, -0.2) is 33.4 Å². The largest absolute Gasteiger partial charge is 0.462 e. The number of nitrogens with zero attached hydrogens (tertiary/aromatic N) is 1. The highest BCUT2D eigenvalue weighted by atomic mass is 32.2. The maximum Gasteiger partial charge on any atom is 0.338 e. The lowest BCUT2D eigenvalue weighted by Crippen LogP contribution is -2.30. The smallest absolute Gasteiger partial charge is 0.338 e. The Kier molecular flexibility index (Phi) is 5.04. The lowest BCUT2D eigenvalue weighted by atomic mass is 10.2. The predicted octanol–water partition coefficient (Wildman–Crippen LogP) is 2.96. The first-order valence-electron chi connectivity index (χ1n) is 9.63. The second kappa shape index (κ2) is 7.51. The van der Waals surface area contributed by atoms with Crippen LogP contribution < -0.4 is 9.62 Å². The van der Waals surface area contributed by atoms with Gasteiger partial charge in [0.05, 0.1) is 17.1 Å². The van der Waals surface area contributed by atoms with Crippen molar-refractivity contribution in [2.45, 2.75) is 31.1 Å². The van der Waals surface area contributed by atoms with Crippen LogP contribution in [0.4, 0.5) is 11.4 Å². The van der Waals surface area contributed by atoms with Crippen molar-refractivity contribution in [2.24, 2.45) is 5.92 Å². The predicted molar refractivity (Wildman–Crippen MR) is 108 cm³/mol. The van der Waals surface area contributed by atoms with Gasteiger partial charge in [-0.3, -0.25) is 9.52 Å². The minimum absolute atomic E-state index is 0.128. The van der Waals surface area contributed by atoms with Gasteiger partial charge in [0.1, 0.15) is 0 Å². The Balaban J connectivity index is 1.51. The van der Waals surface area contributed by atoms with Gasteiger partial charge >= 0.3 is 5.97 Å². The molecule has 0 unspecified atom stereocenters. The molecule has 0 radical (unpaired) electrons. The van der Waals surface area contributed by atoms with Gasteiger partial charge in [-0.15, -0.1) is 0 Å². The lowest BCUT2D eigenvalue weighted by Gasteiger charge is -2.17. The number of benzene rings is 2. The Morgan fingerprint density at radius 2 is 1.86 bits per heavy atom. The molecular weight excluding hydrogens is 392 g/mol. The van der Waals surface area contributed by atoms with Crippen LogP contribution in [0.15, 0.2) is 47.4 Å². The normalized spacial score (nSPS) is 15.7. The summed E-state index contributed by atoms with van der Waals surface area (Å²) in [5.41, 5.74) is 2.37. The van der Waals surface area contributed by atoms with Crippen LogP contribution in [0.5, 0.6) is 0 Å². The quantitative estimate of drug-likeness (QED) is 0.734. The maximum absolute atomic E-state index is 12.8. The Labute approximate surface area is 169 Å². The van der Waals surface area contributed by atoms with Gasteiger partial charge in [0.2, 0.25) is 5.91 Å². The van der Waals surface area contributed by atoms with E-state index < -0.39 is 16.0 Å². The molecule has 1 N–H and O–H groups in total. The molecule has 2 aromatic carbocycles. The summed E-state index contributed by atoms with van der Waals surface area (Å²) in [6.07, 6.45) is 2.53. The van der Waals surface area contributed by atoms with Crippen molar-refractivity contribution >= 4 is 33.3 Å². The first kappa shape index (κ1) is 19.4. The molecule has 1 aliphatic heterocycles. The van der Waals surface area contributed by atoms with Crippen LogP contribution in [0, 0.1) is 5.92 Å². The van der Waals surface area contributed by atoms with E-state index >= 15 is 0 Å². The molecule has 1 saturated carbocycles. The number of fused-ring (bicyclic) bond motifs is 1. The fourth-order valence-corrected chi connectivity index (χ4v) is 4.54. The summed E-state index contributed by atoms with van der Waals surface area (Å²) in [4.78, 5) is 26.0. The van der Waals surface area contributed by atoms with Crippen LogP contribution >= 0.6 is 0 Å². The number of esters is 1. The van der Waals surface area contributed by atoms with E-state index in [9.17, 15) is 18.0 Å². The number of sulfonamides is 1. The summed E-state index contributed by atoms with van der Waals surface area (Å²) >= 11 is 0. The zero-order valence-electron chi connectivity index (χ0n) is 16.1. The summed E-state index contributed by atoms with van der Waals surface area (Å²) in [7, 11) is -3.79. The highest BCUT2D eigenvalue weighted by Gasteiger charge is 2.36. The van der Waals surface area contributed by atoms with Gasteiger partial charge in [0, 0.05) is 23.8 Å². The third kappa shape index (κ3) is 3.98. The molecule has 1 fully saturated rings. The number of carbonyl (C=O) groups is 2. The molecule has 1 amide bonds. The molecule has 7 nitrogen and oxygen atoms in total. The van der Waals surface area contributed by atoms with Gasteiger partial charge in [-0.1, -0.05) is 0 Å². The molecule has 0 atom stereocenters. The van der Waals surface area contributed by atoms with E-state index in [0.717, 1.165) is 24.1 Å². The van der Waals surface area contributed by atoms with E-state index in [1.807, 2.05) is 0 Å². The van der Waals surface area contributed by atoms with E-state index in [4.69, 9.17) is 4.74 Å². The van der Waals surface area contributed by atoms with Gasteiger partial charge in [-0.25, -0.2) is 13.2 Å². The first-order chi connectivity index (χ1) is 13.9. The molecule has 0 bridgehead atoms. The van der Waals surface area contributed by atoms with Gasteiger partial charge in [0.15, 0.2) is 0 Å². The highest BCUT2D eigenvalue weighted by molar-refractivity contribution is 7.92. The number of anilines is 2. The average molecular weight is 414 g/mol. The van der Waals surface area contributed by atoms with Crippen molar-refractivity contribution in [1.29, 1.82) is 0 Å². The van der Waals surface area contributed by atoms with Crippen molar-refractivity contribution in [2.75, 3.05) is 22.8 Å². The van der Waals surface area contributed by atoms with E-state index in [1.165, 1.54) is 30.3 Å². The number of nitrogens with one attached hydrogen (secondary N) is 1. The van der Waals surface area contributed by atoms with E-state index in [1.54, 1.807) is 24.0 Å². The van der Waals surface area contributed by atoms with Crippen LogP contribution in [0.25, 0.3) is 0 Å². The molecule has 1 aliphatic carbocycles. The van der Waals surface area contributed by atoms with Crippen LogP contribution in [0.3, 0.4) is 0 Å². The molecule has 0 aromatic heterocycles. The first-order valence-corrected chi connectivity index (χ1v) is 11.1. The molecule has 1 heterocycles. The minimum atomic E-state index is -3.79. The molecule has 8 heteroatoms. The molecule has 152 valence electrons. The molecule has 0 spiro atoms. The van der Waals surface area contributed by atoms with Crippen molar-refractivity contribution < 1.29 is 22.7 Å². The number of carbonyl (C=O) groups excluding carboxylic acids is 2. The molecule has 0 saturated heterocycles. The van der Waals surface area contributed by atoms with E-state index in [-0.39, 0.29) is 23.3 Å². The summed E-state index contributed by atoms with van der Waals surface area (Å²) in [6.45, 7) is 2.59. The Morgan fingerprint density at radius 3 is 2.52 bits per heavy atom. The molecular formula is C21H22N2O5S. The summed E-state index contributed by atoms with van der Waals surface area (Å²) in [5, 5.41) is 0. The van der Waals surface area contributed by atoms with Crippen molar-refractivity contribution in [3.63, 3.8) is 0 Å².